The van der Waals surface area contributed by atoms with Crippen molar-refractivity contribution in [3.8, 4) is 5.75 Å². The lowest BCUT2D eigenvalue weighted by molar-refractivity contribution is -0.241. The number of esters is 3. The van der Waals surface area contributed by atoms with Gasteiger partial charge < -0.3 is 38.7 Å². The average molecular weight is 795 g/mol. The molecule has 11 atom stereocenters. The summed E-state index contributed by atoms with van der Waals surface area (Å²) < 4.78 is 30.4. The first kappa shape index (κ1) is 37.8. The summed E-state index contributed by atoms with van der Waals surface area (Å²) in [7, 11) is 6.22. The van der Waals surface area contributed by atoms with Gasteiger partial charge in [0.2, 0.25) is 5.60 Å². The molecule has 4 fully saturated rings. The highest BCUT2D eigenvalue weighted by Crippen LogP contribution is 2.71. The number of carbonyl (C=O) groups is 3. The Kier molecular flexibility index (Phi) is 8.34. The minimum Gasteiger partial charge on any atom is -0.496 e. The Labute approximate surface area is 338 Å². The summed E-state index contributed by atoms with van der Waals surface area (Å²) in [6.07, 6.45) is 3.03. The van der Waals surface area contributed by atoms with E-state index in [0.29, 0.717) is 50.2 Å². The summed E-state index contributed by atoms with van der Waals surface area (Å²) in [5.41, 5.74) is 0.959. The van der Waals surface area contributed by atoms with Crippen molar-refractivity contribution < 1.29 is 43.2 Å². The summed E-state index contributed by atoms with van der Waals surface area (Å²) in [6, 6.07) is 11.1. The van der Waals surface area contributed by atoms with Crippen LogP contribution in [0, 0.1) is 11.3 Å². The molecule has 2 bridgehead atoms. The average Bonchev–Trinajstić information content (AvgIpc) is 3.70. The number of ether oxygens (including phenoxy) is 5. The van der Waals surface area contributed by atoms with E-state index in [9.17, 15) is 14.7 Å². The van der Waals surface area contributed by atoms with Gasteiger partial charge in [-0.25, -0.2) is 4.79 Å². The number of hydrogen-bond donors (Lipinski definition) is 2. The lowest BCUT2D eigenvalue weighted by atomic mass is 9.46. The number of aromatic amines is 1. The van der Waals surface area contributed by atoms with Crippen molar-refractivity contribution in [2.75, 3.05) is 59.5 Å². The van der Waals surface area contributed by atoms with Gasteiger partial charge in [-0.1, -0.05) is 43.7 Å². The highest BCUT2D eigenvalue weighted by molar-refractivity contribution is 5.95. The minimum atomic E-state index is -2.30. The van der Waals surface area contributed by atoms with Gasteiger partial charge in [0.25, 0.3) is 0 Å². The van der Waals surface area contributed by atoms with Gasteiger partial charge >= 0.3 is 17.9 Å². The van der Waals surface area contributed by atoms with E-state index in [0.717, 1.165) is 52.9 Å². The topological polar surface area (TPSA) is 146 Å². The van der Waals surface area contributed by atoms with Crippen LogP contribution in [0.3, 0.4) is 0 Å². The predicted molar refractivity (Wildman–Crippen MR) is 214 cm³/mol. The Morgan fingerprint density at radius 2 is 1.78 bits per heavy atom. The van der Waals surface area contributed by atoms with Crippen LogP contribution in [-0.2, 0) is 50.7 Å². The number of anilines is 1. The molecule has 4 unspecified atom stereocenters. The molecule has 1 aliphatic carbocycles. The molecule has 6 aliphatic heterocycles. The van der Waals surface area contributed by atoms with Crippen molar-refractivity contribution >= 4 is 34.5 Å². The van der Waals surface area contributed by atoms with E-state index >= 15 is 4.79 Å². The van der Waals surface area contributed by atoms with E-state index in [1.807, 2.05) is 37.1 Å². The van der Waals surface area contributed by atoms with Gasteiger partial charge in [0.05, 0.1) is 45.0 Å². The molecule has 0 amide bonds. The number of hydrogen-bond acceptors (Lipinski definition) is 12. The number of H-pyrrole nitrogens is 1. The summed E-state index contributed by atoms with van der Waals surface area (Å²) in [5.74, 6) is -1.34. The van der Waals surface area contributed by atoms with Crippen molar-refractivity contribution in [3.63, 3.8) is 0 Å². The Hall–Kier alpha value is -4.43. The molecule has 13 nitrogen and oxygen atoms in total. The van der Waals surface area contributed by atoms with E-state index in [1.165, 1.54) is 26.7 Å². The molecule has 2 N–H and O–H groups in total. The van der Waals surface area contributed by atoms with Crippen LogP contribution in [0.2, 0.25) is 0 Å². The monoisotopic (exact) mass is 794 g/mol. The van der Waals surface area contributed by atoms with Crippen molar-refractivity contribution in [3.05, 3.63) is 70.4 Å². The van der Waals surface area contributed by atoms with E-state index in [2.05, 4.69) is 46.0 Å². The number of likely N-dealkylation sites (N-methyl/N-ethyl adjacent to an activating group) is 1. The third-order valence-electron chi connectivity index (χ3n) is 15.5. The quantitative estimate of drug-likeness (QED) is 0.155. The van der Waals surface area contributed by atoms with Crippen LogP contribution < -0.4 is 9.64 Å². The Balaban J connectivity index is 1.28. The highest BCUT2D eigenvalue weighted by Gasteiger charge is 2.85. The smallest absolute Gasteiger partial charge is 0.344 e. The molecule has 308 valence electrons. The number of carbonyl (C=O) groups excluding carboxylic acids is 3. The van der Waals surface area contributed by atoms with Crippen molar-refractivity contribution in [2.24, 2.45) is 11.3 Å². The van der Waals surface area contributed by atoms with E-state index in [1.54, 1.807) is 7.11 Å². The molecule has 58 heavy (non-hydrogen) atoms. The van der Waals surface area contributed by atoms with Gasteiger partial charge in [-0.3, -0.25) is 19.4 Å². The second-order valence-corrected chi connectivity index (χ2v) is 17.9. The molecule has 0 radical (unpaired) electrons. The first-order valence-electron chi connectivity index (χ1n) is 20.8. The van der Waals surface area contributed by atoms with Crippen LogP contribution in [0.1, 0.15) is 68.8 Å². The first-order chi connectivity index (χ1) is 27.9. The number of benzene rings is 2. The second-order valence-electron chi connectivity index (χ2n) is 17.9. The lowest BCUT2D eigenvalue weighted by Crippen LogP contribution is -2.83. The molecular formula is C45H54N4O9. The van der Waals surface area contributed by atoms with Gasteiger partial charge in [-0.2, -0.15) is 0 Å². The van der Waals surface area contributed by atoms with Gasteiger partial charge in [0, 0.05) is 85.5 Å². The maximum absolute atomic E-state index is 15.2. The number of aromatic nitrogens is 1. The van der Waals surface area contributed by atoms with Crippen molar-refractivity contribution in [1.82, 2.24) is 14.8 Å². The number of aliphatic hydroxyl groups is 1. The third-order valence-corrected chi connectivity index (χ3v) is 15.5. The van der Waals surface area contributed by atoms with E-state index in [-0.39, 0.29) is 24.2 Å². The minimum absolute atomic E-state index is 0.0227. The van der Waals surface area contributed by atoms with E-state index in [4.69, 9.17) is 23.7 Å². The van der Waals surface area contributed by atoms with Crippen LogP contribution in [0.25, 0.3) is 10.9 Å². The standard InChI is InChI=1S/C45H54N4O9/c1-8-25-16-26-19-44(40(51)55-6,35-28(22-48(20-25)21-26)27-12-10-11-13-31(27)46-35)30-17-29-32(18-33(30)54-5)47(4)38-43(29)14-15-49-23-34-36(58-34)42(9-2,37(43)49)39(57-24(3)50)45(38,53)41(52)56-7/h10-13,16-18,26,34,36-39,46,53H,8-9,14-15,19-23H2,1-7H3/t26?,34?,36?,37-,38-,39-,42-,43-,44+,45+/m1/s1. The molecule has 7 heterocycles. The van der Waals surface area contributed by atoms with Crippen LogP contribution >= 0.6 is 0 Å². The SMILES string of the molecule is CCC1=CC2CN(C1)Cc1c([nH]c3ccccc13)[C@@](C(=O)OC)(c1cc3c(cc1OC)N(C)[C@H]1[C@@](O)(C(=O)OC)[C@H](OC(C)=O)[C@]4(CC)C5OC5CN5CC[C@]31[C@H]54)C2. The number of nitrogens with zero attached hydrogens (tertiary/aromatic N) is 3. The number of epoxide rings is 1. The fourth-order valence-electron chi connectivity index (χ4n) is 13.6. The Bertz CT molecular complexity index is 2290. The molecule has 3 aromatic rings. The van der Waals surface area contributed by atoms with Gasteiger partial charge in [-0.15, -0.1) is 0 Å². The van der Waals surface area contributed by atoms with Crippen LogP contribution in [0.15, 0.2) is 48.0 Å². The maximum Gasteiger partial charge on any atom is 0.344 e. The molecule has 13 heteroatoms. The van der Waals surface area contributed by atoms with Crippen LogP contribution in [0.5, 0.6) is 5.75 Å². The van der Waals surface area contributed by atoms with Gasteiger partial charge in [0.15, 0.2) is 6.10 Å². The van der Waals surface area contributed by atoms with Crippen LogP contribution in [-0.4, -0.2) is 128 Å². The summed E-state index contributed by atoms with van der Waals surface area (Å²) in [6.45, 7) is 9.20. The molecule has 1 aromatic heterocycles. The number of piperidine rings is 1. The van der Waals surface area contributed by atoms with Gasteiger partial charge in [0.1, 0.15) is 11.2 Å². The lowest BCUT2D eigenvalue weighted by Gasteiger charge is -2.64. The van der Waals surface area contributed by atoms with Crippen LogP contribution in [0.4, 0.5) is 5.69 Å². The fraction of sp³-hybridized carbons (Fsp3) is 0.578. The summed E-state index contributed by atoms with van der Waals surface area (Å²) in [5, 5.41) is 14.5. The number of para-hydroxylation sites is 1. The zero-order chi connectivity index (χ0) is 40.7. The predicted octanol–water partition coefficient (Wildman–Crippen LogP) is 3.96. The molecule has 3 saturated heterocycles. The number of methoxy groups -OCH3 is 3. The van der Waals surface area contributed by atoms with Crippen molar-refractivity contribution in [2.45, 2.75) is 99.8 Å². The molecule has 2 aromatic carbocycles. The molecular weight excluding hydrogens is 741 g/mol. The molecule has 1 saturated carbocycles. The summed E-state index contributed by atoms with van der Waals surface area (Å²) in [4.78, 5) is 53.4. The number of nitrogens with one attached hydrogen (secondary N) is 1. The molecule has 1 spiro atoms. The Morgan fingerprint density at radius 1 is 1.00 bits per heavy atom. The van der Waals surface area contributed by atoms with Gasteiger partial charge in [-0.05, 0) is 61.4 Å². The summed E-state index contributed by atoms with van der Waals surface area (Å²) >= 11 is 0. The maximum atomic E-state index is 15.2. The first-order valence-corrected chi connectivity index (χ1v) is 20.8. The zero-order valence-electron chi connectivity index (χ0n) is 34.4. The number of fused-ring (bicyclic) bond motifs is 8. The highest BCUT2D eigenvalue weighted by atomic mass is 16.6. The Morgan fingerprint density at radius 3 is 2.48 bits per heavy atom. The normalized spacial score (nSPS) is 37.9. The number of rotatable bonds is 7. The largest absolute Gasteiger partial charge is 0.496 e. The molecule has 7 aliphatic rings. The third kappa shape index (κ3) is 4.53. The molecule has 10 rings (SSSR count). The van der Waals surface area contributed by atoms with E-state index < -0.39 is 51.9 Å². The fourth-order valence-corrected chi connectivity index (χ4v) is 13.6. The zero-order valence-corrected chi connectivity index (χ0v) is 34.4. The van der Waals surface area contributed by atoms with Crippen molar-refractivity contribution in [1.29, 1.82) is 0 Å². The second kappa shape index (κ2) is 12.8.